The van der Waals surface area contributed by atoms with Crippen LogP contribution in [0.15, 0.2) is 0 Å². The summed E-state index contributed by atoms with van der Waals surface area (Å²) in [7, 11) is -1.29. The van der Waals surface area contributed by atoms with Crippen molar-refractivity contribution in [3.63, 3.8) is 0 Å². The summed E-state index contributed by atoms with van der Waals surface area (Å²) in [5.74, 6) is 0.155. The van der Waals surface area contributed by atoms with Crippen molar-refractivity contribution in [2.45, 2.75) is 45.2 Å². The molecule has 0 N–H and O–H groups in total. The highest BCUT2D eigenvalue weighted by atomic mass is 32.2. The molecule has 0 aromatic carbocycles. The molecule has 8 heteroatoms. The maximum atomic E-state index is 12.8. The van der Waals surface area contributed by atoms with E-state index >= 15 is 0 Å². The Hall–Kier alpha value is -0.990. The summed E-state index contributed by atoms with van der Waals surface area (Å²) in [6.45, 7) is 4.87. The number of aromatic nitrogens is 1. The fourth-order valence-electron chi connectivity index (χ4n) is 3.43. The van der Waals surface area contributed by atoms with Crippen LogP contribution >= 0.6 is 11.3 Å². The smallest absolute Gasteiger partial charge is 0.265 e. The molecule has 0 radical (unpaired) electrons. The third kappa shape index (κ3) is 3.97. The van der Waals surface area contributed by atoms with E-state index in [1.807, 2.05) is 6.92 Å². The second-order valence-corrected chi connectivity index (χ2v) is 10.1. The fourth-order valence-corrected chi connectivity index (χ4v) is 6.30. The van der Waals surface area contributed by atoms with Gasteiger partial charge in [-0.15, -0.1) is 11.3 Å². The Morgan fingerprint density at radius 2 is 2.04 bits per heavy atom. The molecule has 3 heterocycles. The molecule has 134 valence electrons. The molecular formula is C16H25N3O3S2. The number of aryl methyl sites for hydroxylation is 1. The SMILES string of the molecule is Cc1nc(CN2CCCCC2)sc1C(=O)N(C)C1CCS(=O)(=O)C1. The Balaban J connectivity index is 1.68. The van der Waals surface area contributed by atoms with Gasteiger partial charge in [-0.2, -0.15) is 0 Å². The number of piperidine rings is 1. The number of hydrogen-bond donors (Lipinski definition) is 0. The molecular weight excluding hydrogens is 346 g/mol. The van der Waals surface area contributed by atoms with Crippen molar-refractivity contribution in [2.24, 2.45) is 0 Å². The topological polar surface area (TPSA) is 70.6 Å². The average Bonchev–Trinajstić information content (AvgIpc) is 3.09. The monoisotopic (exact) mass is 371 g/mol. The lowest BCUT2D eigenvalue weighted by Crippen LogP contribution is -2.37. The van der Waals surface area contributed by atoms with Crippen LogP contribution in [-0.4, -0.2) is 66.8 Å². The van der Waals surface area contributed by atoms with Crippen molar-refractivity contribution >= 4 is 27.1 Å². The molecule has 1 aromatic rings. The Kier molecular flexibility index (Phi) is 5.27. The highest BCUT2D eigenvalue weighted by Crippen LogP contribution is 2.25. The molecule has 2 aliphatic heterocycles. The third-order valence-electron chi connectivity index (χ3n) is 4.92. The molecule has 2 saturated heterocycles. The number of sulfone groups is 1. The van der Waals surface area contributed by atoms with Gasteiger partial charge in [0, 0.05) is 13.1 Å². The second-order valence-electron chi connectivity index (χ2n) is 6.83. The molecule has 0 spiro atoms. The zero-order chi connectivity index (χ0) is 17.3. The first-order chi connectivity index (χ1) is 11.4. The first-order valence-electron chi connectivity index (χ1n) is 8.52. The Labute approximate surface area is 147 Å². The summed E-state index contributed by atoms with van der Waals surface area (Å²) in [4.78, 5) is 22.0. The van der Waals surface area contributed by atoms with Gasteiger partial charge in [0.05, 0.1) is 23.7 Å². The standard InChI is InChI=1S/C16H25N3O3S2/c1-12-15(16(20)18(2)13-6-9-24(21,22)11-13)23-14(17-12)10-19-7-4-3-5-8-19/h13H,3-11H2,1-2H3. The first-order valence-corrected chi connectivity index (χ1v) is 11.2. The van der Waals surface area contributed by atoms with Gasteiger partial charge in [0.25, 0.3) is 5.91 Å². The molecule has 0 aliphatic carbocycles. The summed E-state index contributed by atoms with van der Waals surface area (Å²) in [5.41, 5.74) is 0.754. The summed E-state index contributed by atoms with van der Waals surface area (Å²) < 4.78 is 23.3. The Morgan fingerprint density at radius 1 is 1.33 bits per heavy atom. The van der Waals surface area contributed by atoms with Crippen LogP contribution in [-0.2, 0) is 16.4 Å². The third-order valence-corrected chi connectivity index (χ3v) is 7.80. The van der Waals surface area contributed by atoms with Crippen LogP contribution in [0.3, 0.4) is 0 Å². The lowest BCUT2D eigenvalue weighted by molar-refractivity contribution is 0.0751. The summed E-state index contributed by atoms with van der Waals surface area (Å²) >= 11 is 1.45. The maximum Gasteiger partial charge on any atom is 0.265 e. The van der Waals surface area contributed by atoms with E-state index in [9.17, 15) is 13.2 Å². The van der Waals surface area contributed by atoms with Crippen LogP contribution in [0.1, 0.15) is 46.1 Å². The van der Waals surface area contributed by atoms with Crippen LogP contribution < -0.4 is 0 Å². The van der Waals surface area contributed by atoms with Crippen molar-refractivity contribution in [1.29, 1.82) is 0 Å². The van der Waals surface area contributed by atoms with Crippen molar-refractivity contribution in [3.05, 3.63) is 15.6 Å². The number of rotatable bonds is 4. The van der Waals surface area contributed by atoms with Crippen molar-refractivity contribution in [2.75, 3.05) is 31.6 Å². The van der Waals surface area contributed by atoms with Crippen LogP contribution in [0.5, 0.6) is 0 Å². The lowest BCUT2D eigenvalue weighted by atomic mass is 10.1. The number of hydrogen-bond acceptors (Lipinski definition) is 6. The van der Waals surface area contributed by atoms with Crippen LogP contribution in [0.2, 0.25) is 0 Å². The number of nitrogens with zero attached hydrogens (tertiary/aromatic N) is 3. The fraction of sp³-hybridized carbons (Fsp3) is 0.750. The predicted molar refractivity (Wildman–Crippen MR) is 95.1 cm³/mol. The molecule has 1 unspecified atom stereocenters. The Bertz CT molecular complexity index is 708. The number of thiazole rings is 1. The normalized spacial score (nSPS) is 24.2. The maximum absolute atomic E-state index is 12.8. The molecule has 1 amide bonds. The summed E-state index contributed by atoms with van der Waals surface area (Å²) in [6, 6.07) is -0.213. The van der Waals surface area contributed by atoms with Gasteiger partial charge in [-0.1, -0.05) is 6.42 Å². The Morgan fingerprint density at radius 3 is 2.67 bits per heavy atom. The molecule has 0 saturated carbocycles. The summed E-state index contributed by atoms with van der Waals surface area (Å²) in [5, 5.41) is 0.977. The van der Waals surface area contributed by atoms with Crippen molar-refractivity contribution in [1.82, 2.24) is 14.8 Å². The average molecular weight is 372 g/mol. The van der Waals surface area contributed by atoms with Gasteiger partial charge in [-0.3, -0.25) is 9.69 Å². The minimum absolute atomic E-state index is 0.0771. The second kappa shape index (κ2) is 7.09. The van der Waals surface area contributed by atoms with E-state index in [2.05, 4.69) is 9.88 Å². The van der Waals surface area contributed by atoms with Crippen LogP contribution in [0, 0.1) is 6.92 Å². The number of amides is 1. The predicted octanol–water partition coefficient (Wildman–Crippen LogP) is 1.70. The molecule has 6 nitrogen and oxygen atoms in total. The van der Waals surface area contributed by atoms with E-state index in [1.165, 1.54) is 30.6 Å². The highest BCUT2D eigenvalue weighted by molar-refractivity contribution is 7.91. The lowest BCUT2D eigenvalue weighted by Gasteiger charge is -2.25. The van der Waals surface area contributed by atoms with E-state index < -0.39 is 9.84 Å². The molecule has 24 heavy (non-hydrogen) atoms. The van der Waals surface area contributed by atoms with E-state index in [0.29, 0.717) is 11.3 Å². The molecule has 2 aliphatic rings. The van der Waals surface area contributed by atoms with Crippen molar-refractivity contribution in [3.8, 4) is 0 Å². The van der Waals surface area contributed by atoms with Gasteiger partial charge in [-0.05, 0) is 39.3 Å². The number of carbonyl (C=O) groups excluding carboxylic acids is 1. The minimum atomic E-state index is -2.99. The van der Waals surface area contributed by atoms with Crippen LogP contribution in [0.4, 0.5) is 0 Å². The van der Waals surface area contributed by atoms with E-state index in [-0.39, 0.29) is 23.5 Å². The summed E-state index contributed by atoms with van der Waals surface area (Å²) in [6.07, 6.45) is 4.29. The van der Waals surface area contributed by atoms with Crippen molar-refractivity contribution < 1.29 is 13.2 Å². The zero-order valence-corrected chi connectivity index (χ0v) is 16.0. The van der Waals surface area contributed by atoms with Gasteiger partial charge < -0.3 is 4.90 Å². The molecule has 0 bridgehead atoms. The molecule has 3 rings (SSSR count). The van der Waals surface area contributed by atoms with Gasteiger partial charge in [0.15, 0.2) is 9.84 Å². The highest BCUT2D eigenvalue weighted by Gasteiger charge is 2.34. The van der Waals surface area contributed by atoms with E-state index in [1.54, 1.807) is 11.9 Å². The quantitative estimate of drug-likeness (QED) is 0.806. The number of carbonyl (C=O) groups is 1. The molecule has 1 atom stereocenters. The first kappa shape index (κ1) is 17.8. The van der Waals surface area contributed by atoms with Gasteiger partial charge in [-0.25, -0.2) is 13.4 Å². The van der Waals surface area contributed by atoms with Crippen LogP contribution in [0.25, 0.3) is 0 Å². The van der Waals surface area contributed by atoms with E-state index in [4.69, 9.17) is 0 Å². The largest absolute Gasteiger partial charge is 0.337 e. The van der Waals surface area contributed by atoms with Gasteiger partial charge >= 0.3 is 0 Å². The minimum Gasteiger partial charge on any atom is -0.337 e. The number of likely N-dealkylation sites (tertiary alicyclic amines) is 1. The van der Waals surface area contributed by atoms with Gasteiger partial charge in [0.1, 0.15) is 9.88 Å². The zero-order valence-electron chi connectivity index (χ0n) is 14.3. The molecule has 2 fully saturated rings. The van der Waals surface area contributed by atoms with Gasteiger partial charge in [0.2, 0.25) is 0 Å². The molecule has 1 aromatic heterocycles. The van der Waals surface area contributed by atoms with E-state index in [0.717, 1.165) is 30.3 Å².